The molecule has 0 amide bonds. The first kappa shape index (κ1) is 21.2. The van der Waals surface area contributed by atoms with E-state index >= 15 is 0 Å². The summed E-state index contributed by atoms with van der Waals surface area (Å²) in [5.41, 5.74) is -5.08. The van der Waals surface area contributed by atoms with Crippen molar-refractivity contribution in [2.75, 3.05) is 34.3 Å². The lowest BCUT2D eigenvalue weighted by atomic mass is 10.4. The van der Waals surface area contributed by atoms with Gasteiger partial charge >= 0.3 is 21.6 Å². The molecule has 6 nitrogen and oxygen atoms in total. The van der Waals surface area contributed by atoms with Gasteiger partial charge in [-0.1, -0.05) is 6.58 Å². The molecular formula is C10H19F3NO5S+. The Morgan fingerprint density at radius 2 is 1.65 bits per heavy atom. The molecule has 20 heavy (non-hydrogen) atoms. The molecule has 0 aromatic rings. The first-order valence-corrected chi connectivity index (χ1v) is 6.69. The van der Waals surface area contributed by atoms with Crippen LogP contribution in [0, 0.1) is 0 Å². The van der Waals surface area contributed by atoms with Crippen LogP contribution in [0.5, 0.6) is 0 Å². The van der Waals surface area contributed by atoms with Crippen LogP contribution >= 0.6 is 0 Å². The molecule has 0 spiro atoms. The lowest BCUT2D eigenvalue weighted by Gasteiger charge is -2.23. The Kier molecular flexibility index (Phi) is 8.04. The number of rotatable bonds is 4. The molecule has 0 atom stereocenters. The Labute approximate surface area is 116 Å². The van der Waals surface area contributed by atoms with Crippen LogP contribution in [0.1, 0.15) is 6.92 Å². The van der Waals surface area contributed by atoms with E-state index in [-0.39, 0.29) is 5.97 Å². The maximum Gasteiger partial charge on any atom is 0.522 e. The van der Waals surface area contributed by atoms with E-state index in [1.807, 2.05) is 0 Å². The van der Waals surface area contributed by atoms with Crippen LogP contribution in [-0.2, 0) is 19.6 Å². The standard InChI is InChI=1S/C9H18NO2.CHF3O3S/c1-8(2)9(11)12-7-6-10(3,4)5;2-1(3,4)8(5,6)7/h1,6-7H2,2-5H3;(H,5,6,7)/q+1;. The Hall–Kier alpha value is -1.13. The number of carbonyl (C=O) groups is 1. The summed E-state index contributed by atoms with van der Waals surface area (Å²) in [5, 5.41) is 0. The summed E-state index contributed by atoms with van der Waals surface area (Å²) in [6, 6.07) is 0. The number of halogens is 3. The highest BCUT2D eigenvalue weighted by molar-refractivity contribution is 7.86. The monoisotopic (exact) mass is 322 g/mol. The van der Waals surface area contributed by atoms with Crippen LogP contribution in [0.25, 0.3) is 0 Å². The van der Waals surface area contributed by atoms with E-state index in [1.165, 1.54) is 0 Å². The Bertz CT molecular complexity index is 437. The smallest absolute Gasteiger partial charge is 0.456 e. The van der Waals surface area contributed by atoms with Crippen LogP contribution in [0.2, 0.25) is 0 Å². The first-order chi connectivity index (χ1) is 8.58. The summed E-state index contributed by atoms with van der Waals surface area (Å²) in [6.07, 6.45) is 0. The van der Waals surface area contributed by atoms with Gasteiger partial charge in [-0.15, -0.1) is 0 Å². The number of hydrogen-bond acceptors (Lipinski definition) is 4. The van der Waals surface area contributed by atoms with E-state index in [4.69, 9.17) is 17.7 Å². The van der Waals surface area contributed by atoms with Gasteiger partial charge in [-0.05, 0) is 6.92 Å². The summed E-state index contributed by atoms with van der Waals surface area (Å²) in [5.74, 6) is -0.302. The quantitative estimate of drug-likeness (QED) is 0.277. The Morgan fingerprint density at radius 3 is 1.85 bits per heavy atom. The van der Waals surface area contributed by atoms with E-state index in [1.54, 1.807) is 6.92 Å². The average molecular weight is 322 g/mol. The maximum atomic E-state index is 10.9. The topological polar surface area (TPSA) is 80.7 Å². The molecule has 0 saturated heterocycles. The van der Waals surface area contributed by atoms with E-state index in [0.29, 0.717) is 12.2 Å². The zero-order valence-electron chi connectivity index (χ0n) is 11.7. The van der Waals surface area contributed by atoms with Crippen molar-refractivity contribution in [3.8, 4) is 0 Å². The van der Waals surface area contributed by atoms with Crippen LogP contribution in [0.4, 0.5) is 13.2 Å². The number of ether oxygens (including phenoxy) is 1. The Morgan fingerprint density at radius 1 is 1.30 bits per heavy atom. The van der Waals surface area contributed by atoms with Gasteiger partial charge < -0.3 is 9.22 Å². The fourth-order valence-corrected chi connectivity index (χ4v) is 0.535. The summed E-state index contributed by atoms with van der Waals surface area (Å²) >= 11 is 0. The minimum atomic E-state index is -5.84. The molecule has 0 unspecified atom stereocenters. The number of alkyl halides is 3. The number of carbonyl (C=O) groups excluding carboxylic acids is 1. The van der Waals surface area contributed by atoms with Crippen molar-refractivity contribution in [3.05, 3.63) is 12.2 Å². The van der Waals surface area contributed by atoms with Gasteiger partial charge in [-0.2, -0.15) is 21.6 Å². The van der Waals surface area contributed by atoms with Gasteiger partial charge in [0.1, 0.15) is 13.2 Å². The van der Waals surface area contributed by atoms with Crippen molar-refractivity contribution in [1.82, 2.24) is 0 Å². The van der Waals surface area contributed by atoms with E-state index < -0.39 is 15.6 Å². The summed E-state index contributed by atoms with van der Waals surface area (Å²) < 4.78 is 63.3. The van der Waals surface area contributed by atoms with Crippen LogP contribution in [0.3, 0.4) is 0 Å². The van der Waals surface area contributed by atoms with Crippen molar-refractivity contribution in [1.29, 1.82) is 0 Å². The third-order valence-electron chi connectivity index (χ3n) is 1.64. The lowest BCUT2D eigenvalue weighted by Crippen LogP contribution is -2.38. The van der Waals surface area contributed by atoms with Gasteiger partial charge in [-0.3, -0.25) is 4.55 Å². The molecule has 1 N–H and O–H groups in total. The van der Waals surface area contributed by atoms with Crippen molar-refractivity contribution in [2.24, 2.45) is 0 Å². The van der Waals surface area contributed by atoms with Gasteiger partial charge in [0.25, 0.3) is 0 Å². The largest absolute Gasteiger partial charge is 0.522 e. The van der Waals surface area contributed by atoms with Gasteiger partial charge in [0, 0.05) is 5.57 Å². The summed E-state index contributed by atoms with van der Waals surface area (Å²) in [4.78, 5) is 10.9. The molecule has 0 bridgehead atoms. The maximum absolute atomic E-state index is 10.9. The van der Waals surface area contributed by atoms with Gasteiger partial charge in [0.05, 0.1) is 21.1 Å². The predicted molar refractivity (Wildman–Crippen MR) is 66.3 cm³/mol. The molecule has 0 aromatic heterocycles. The Balaban J connectivity index is 0. The predicted octanol–water partition coefficient (Wildman–Crippen LogP) is 1.21. The summed E-state index contributed by atoms with van der Waals surface area (Å²) in [6.45, 7) is 6.41. The highest BCUT2D eigenvalue weighted by Gasteiger charge is 2.44. The van der Waals surface area contributed by atoms with E-state index in [9.17, 15) is 18.0 Å². The van der Waals surface area contributed by atoms with Crippen molar-refractivity contribution in [3.63, 3.8) is 0 Å². The second-order valence-electron chi connectivity index (χ2n) is 4.85. The zero-order chi connectivity index (χ0) is 16.8. The highest BCUT2D eigenvalue weighted by Crippen LogP contribution is 2.20. The number of likely N-dealkylation sites (N-methyl/N-ethyl adjacent to an activating group) is 1. The zero-order valence-corrected chi connectivity index (χ0v) is 12.5. The third kappa shape index (κ3) is 11.9. The minimum absolute atomic E-state index is 0.302. The molecule has 10 heteroatoms. The highest BCUT2D eigenvalue weighted by atomic mass is 32.2. The van der Waals surface area contributed by atoms with Crippen LogP contribution in [-0.4, -0.2) is 63.2 Å². The van der Waals surface area contributed by atoms with Crippen molar-refractivity contribution >= 4 is 16.1 Å². The molecule has 0 aliphatic heterocycles. The molecular weight excluding hydrogens is 303 g/mol. The summed E-state index contributed by atoms with van der Waals surface area (Å²) in [7, 11) is 0.310. The fraction of sp³-hybridized carbons (Fsp3) is 0.700. The molecule has 0 aromatic carbocycles. The average Bonchev–Trinajstić information content (AvgIpc) is 2.12. The van der Waals surface area contributed by atoms with Gasteiger partial charge in [0.2, 0.25) is 0 Å². The third-order valence-corrected chi connectivity index (χ3v) is 2.22. The minimum Gasteiger partial charge on any atom is -0.456 e. The van der Waals surface area contributed by atoms with Crippen molar-refractivity contribution in [2.45, 2.75) is 12.4 Å². The lowest BCUT2D eigenvalue weighted by molar-refractivity contribution is -0.870. The number of quaternary nitrogens is 1. The molecule has 0 radical (unpaired) electrons. The molecule has 0 rings (SSSR count). The van der Waals surface area contributed by atoms with Crippen LogP contribution in [0.15, 0.2) is 12.2 Å². The van der Waals surface area contributed by atoms with Crippen molar-refractivity contribution < 1.29 is 40.2 Å². The normalized spacial score (nSPS) is 12.2. The SMILES string of the molecule is C=C(C)C(=O)OCC[N+](C)(C)C.O=S(=O)(O)C(F)(F)F. The number of nitrogens with zero attached hydrogens (tertiary/aromatic N) is 1. The van der Waals surface area contributed by atoms with Gasteiger partial charge in [0.15, 0.2) is 0 Å². The fourth-order valence-electron chi connectivity index (χ4n) is 0.535. The second kappa shape index (κ2) is 7.60. The molecule has 0 fully saturated rings. The molecule has 0 saturated carbocycles. The molecule has 0 aliphatic rings. The second-order valence-corrected chi connectivity index (χ2v) is 6.26. The van der Waals surface area contributed by atoms with E-state index in [0.717, 1.165) is 11.0 Å². The van der Waals surface area contributed by atoms with Gasteiger partial charge in [-0.25, -0.2) is 4.79 Å². The first-order valence-electron chi connectivity index (χ1n) is 5.25. The van der Waals surface area contributed by atoms with E-state index in [2.05, 4.69) is 27.7 Å². The molecule has 0 heterocycles. The van der Waals surface area contributed by atoms with Crippen LogP contribution < -0.4 is 0 Å². The number of hydrogen-bond donors (Lipinski definition) is 1. The number of esters is 1. The molecule has 120 valence electrons. The molecule has 0 aliphatic carbocycles.